The van der Waals surface area contributed by atoms with Gasteiger partial charge >= 0.3 is 0 Å². The molecule has 0 bridgehead atoms. The van der Waals surface area contributed by atoms with Crippen molar-refractivity contribution in [2.45, 2.75) is 50.7 Å². The minimum Gasteiger partial charge on any atom is -0.487 e. The summed E-state index contributed by atoms with van der Waals surface area (Å²) in [6.45, 7) is 4.66. The van der Waals surface area contributed by atoms with Gasteiger partial charge in [-0.2, -0.15) is 4.31 Å². The average molecular weight is 740 g/mol. The average Bonchev–Trinajstić information content (AvgIpc) is 3.58. The summed E-state index contributed by atoms with van der Waals surface area (Å²) in [5, 5.41) is 8.64. The lowest BCUT2D eigenvalue weighted by Crippen LogP contribution is -2.47. The molecule has 5 rings (SSSR count). The van der Waals surface area contributed by atoms with E-state index in [4.69, 9.17) is 39.1 Å². The van der Waals surface area contributed by atoms with E-state index < -0.39 is 16.1 Å². The number of benzene rings is 3. The summed E-state index contributed by atoms with van der Waals surface area (Å²) in [6.07, 6.45) is 1.36. The van der Waals surface area contributed by atoms with E-state index in [-0.39, 0.29) is 45.7 Å². The van der Waals surface area contributed by atoms with E-state index in [1.807, 2.05) is 32.0 Å². The van der Waals surface area contributed by atoms with Crippen molar-refractivity contribution < 1.29 is 22.7 Å². The van der Waals surface area contributed by atoms with Gasteiger partial charge in [-0.3, -0.25) is 15.0 Å². The molecule has 1 unspecified atom stereocenters. The van der Waals surface area contributed by atoms with E-state index in [1.54, 1.807) is 49.3 Å². The molecule has 11 nitrogen and oxygen atoms in total. The smallest absolute Gasteiger partial charge is 0.253 e. The Bertz CT molecular complexity index is 2060. The minimum absolute atomic E-state index is 0.0619. The third-order valence-electron chi connectivity index (χ3n) is 8.89. The van der Waals surface area contributed by atoms with Gasteiger partial charge in [-0.05, 0) is 75.1 Å². The molecule has 0 spiro atoms. The van der Waals surface area contributed by atoms with Crippen molar-refractivity contribution in [3.63, 3.8) is 0 Å². The van der Waals surface area contributed by atoms with Crippen LogP contribution in [0.5, 0.6) is 5.75 Å². The zero-order valence-corrected chi connectivity index (χ0v) is 30.7. The van der Waals surface area contributed by atoms with Gasteiger partial charge in [-0.15, -0.1) is 0 Å². The fraction of sp³-hybridized carbons (Fsp3) is 0.333. The molecule has 2 heterocycles. The number of hydrogen-bond acceptors (Lipinski definition) is 7. The number of ether oxygens (including phenoxy) is 1. The third-order valence-corrected chi connectivity index (χ3v) is 11.7. The maximum Gasteiger partial charge on any atom is 0.253 e. The van der Waals surface area contributed by atoms with Crippen LogP contribution in [0.1, 0.15) is 52.0 Å². The van der Waals surface area contributed by atoms with E-state index in [0.29, 0.717) is 60.3 Å². The van der Waals surface area contributed by atoms with E-state index in [1.165, 1.54) is 21.3 Å². The molecule has 50 heavy (non-hydrogen) atoms. The molecule has 264 valence electrons. The van der Waals surface area contributed by atoms with Crippen LogP contribution >= 0.6 is 23.2 Å². The van der Waals surface area contributed by atoms with Gasteiger partial charge in [-0.1, -0.05) is 47.5 Å². The van der Waals surface area contributed by atoms with Crippen LogP contribution in [0.15, 0.2) is 65.6 Å². The Morgan fingerprint density at radius 2 is 1.70 bits per heavy atom. The van der Waals surface area contributed by atoms with Crippen LogP contribution in [0.25, 0.3) is 10.9 Å². The minimum atomic E-state index is -4.20. The number of pyridine rings is 1. The van der Waals surface area contributed by atoms with Gasteiger partial charge in [-0.25, -0.2) is 13.4 Å². The molecule has 1 atom stereocenters. The van der Waals surface area contributed by atoms with Crippen LogP contribution in [-0.4, -0.2) is 84.9 Å². The standard InChI is InChI=1S/C36H40Cl2N6O5S/c1-22-20-23(2)41-33-26(22)8-5-10-30(33)49-21-27-28(37)15-16-31(32(27)38)50(47,48)44-19-6-9-29(44)36(46)43(4)18-7-17-42(3)35(45)25-13-11-24(12-14-25)34(39)40/h5,8,10-16,20,29H,6-7,9,17-19,21H2,1-4H3,(H3,39,40). The lowest BCUT2D eigenvalue weighted by Gasteiger charge is -2.28. The van der Waals surface area contributed by atoms with Crippen LogP contribution in [0.3, 0.4) is 0 Å². The lowest BCUT2D eigenvalue weighted by molar-refractivity contribution is -0.133. The number of hydrogen-bond donors (Lipinski definition) is 2. The first-order chi connectivity index (χ1) is 23.7. The molecule has 3 N–H and O–H groups in total. The van der Waals surface area contributed by atoms with Crippen molar-refractivity contribution >= 4 is 61.8 Å². The second-order valence-corrected chi connectivity index (χ2v) is 15.1. The number of sulfonamides is 1. The van der Waals surface area contributed by atoms with Crippen molar-refractivity contribution in [3.8, 4) is 5.75 Å². The molecule has 0 radical (unpaired) electrons. The number of nitrogens with one attached hydrogen (secondary N) is 1. The number of nitrogens with zero attached hydrogens (tertiary/aromatic N) is 4. The molecule has 1 aliphatic rings. The molecular formula is C36H40Cl2N6O5S. The molecule has 3 aromatic carbocycles. The largest absolute Gasteiger partial charge is 0.487 e. The Labute approximate surface area is 302 Å². The number of nitrogens with two attached hydrogens (primary N) is 1. The zero-order chi connectivity index (χ0) is 36.3. The van der Waals surface area contributed by atoms with Gasteiger partial charge in [0.05, 0.1) is 5.02 Å². The Morgan fingerprint density at radius 1 is 1.02 bits per heavy atom. The van der Waals surface area contributed by atoms with Crippen LogP contribution in [0.2, 0.25) is 10.0 Å². The van der Waals surface area contributed by atoms with E-state index >= 15 is 0 Å². The van der Waals surface area contributed by atoms with Crippen molar-refractivity contribution in [3.05, 3.63) is 98.7 Å². The quantitative estimate of drug-likeness (QED) is 0.138. The van der Waals surface area contributed by atoms with Gasteiger partial charge in [0.1, 0.15) is 34.6 Å². The number of amidine groups is 1. The number of aryl methyl sites for hydroxylation is 2. The Balaban J connectivity index is 1.25. The molecule has 1 saturated heterocycles. The third kappa shape index (κ3) is 7.73. The molecule has 1 aliphatic heterocycles. The van der Waals surface area contributed by atoms with Crippen molar-refractivity contribution in [1.29, 1.82) is 5.41 Å². The highest BCUT2D eigenvalue weighted by Gasteiger charge is 2.41. The summed E-state index contributed by atoms with van der Waals surface area (Å²) >= 11 is 13.3. The second kappa shape index (κ2) is 15.3. The van der Waals surface area contributed by atoms with Crippen molar-refractivity contribution in [2.24, 2.45) is 5.73 Å². The highest BCUT2D eigenvalue weighted by Crippen LogP contribution is 2.37. The highest BCUT2D eigenvalue weighted by molar-refractivity contribution is 7.89. The monoisotopic (exact) mass is 738 g/mol. The normalized spacial score (nSPS) is 14.9. The van der Waals surface area contributed by atoms with Gasteiger partial charge in [0.15, 0.2) is 0 Å². The van der Waals surface area contributed by atoms with Crippen LogP contribution in [0, 0.1) is 19.3 Å². The maximum absolute atomic E-state index is 14.1. The number of para-hydroxylation sites is 1. The predicted octanol–water partition coefficient (Wildman–Crippen LogP) is 5.80. The second-order valence-electron chi connectivity index (χ2n) is 12.5. The number of amides is 2. The van der Waals surface area contributed by atoms with E-state index in [0.717, 1.165) is 16.6 Å². The molecule has 14 heteroatoms. The molecule has 1 aromatic heterocycles. The molecular weight excluding hydrogens is 699 g/mol. The molecule has 0 aliphatic carbocycles. The lowest BCUT2D eigenvalue weighted by atomic mass is 10.1. The van der Waals surface area contributed by atoms with Crippen LogP contribution in [-0.2, 0) is 21.4 Å². The topological polar surface area (TPSA) is 150 Å². The number of carbonyl (C=O) groups is 2. The number of halogens is 2. The summed E-state index contributed by atoms with van der Waals surface area (Å²) in [5.41, 5.74) is 9.37. The Kier molecular flexibility index (Phi) is 11.4. The SMILES string of the molecule is Cc1cc(C)c2cccc(OCc3c(Cl)ccc(S(=O)(=O)N4CCCC4C(=O)N(C)CCCN(C)C(=O)c4ccc(C(=N)N)cc4)c3Cl)c2n1. The molecule has 4 aromatic rings. The summed E-state index contributed by atoms with van der Waals surface area (Å²) in [6, 6.07) is 16.0. The summed E-state index contributed by atoms with van der Waals surface area (Å²) in [7, 11) is -0.897. The molecule has 2 amide bonds. The Hall–Kier alpha value is -4.23. The van der Waals surface area contributed by atoms with Crippen LogP contribution in [0.4, 0.5) is 0 Å². The first-order valence-corrected chi connectivity index (χ1v) is 18.3. The zero-order valence-electron chi connectivity index (χ0n) is 28.4. The van der Waals surface area contributed by atoms with E-state index in [2.05, 4.69) is 4.98 Å². The number of rotatable bonds is 12. The van der Waals surface area contributed by atoms with Crippen molar-refractivity contribution in [1.82, 2.24) is 19.1 Å². The number of nitrogen functional groups attached to an aromatic ring is 1. The van der Waals surface area contributed by atoms with Gasteiger partial charge in [0.2, 0.25) is 15.9 Å². The fourth-order valence-corrected chi connectivity index (χ4v) is 8.67. The van der Waals surface area contributed by atoms with E-state index in [9.17, 15) is 18.0 Å². The number of fused-ring (bicyclic) bond motifs is 1. The fourth-order valence-electron chi connectivity index (χ4n) is 6.15. The van der Waals surface area contributed by atoms with Gasteiger partial charge in [0.25, 0.3) is 5.91 Å². The predicted molar refractivity (Wildman–Crippen MR) is 196 cm³/mol. The van der Waals surface area contributed by atoms with Crippen molar-refractivity contribution in [2.75, 3.05) is 33.7 Å². The van der Waals surface area contributed by atoms with Crippen LogP contribution < -0.4 is 10.5 Å². The number of carbonyl (C=O) groups excluding carboxylic acids is 2. The first-order valence-electron chi connectivity index (χ1n) is 16.1. The van der Waals surface area contributed by atoms with Gasteiger partial charge < -0.3 is 20.3 Å². The Morgan fingerprint density at radius 3 is 2.40 bits per heavy atom. The van der Waals surface area contributed by atoms with Gasteiger partial charge in [0, 0.05) is 66.5 Å². The molecule has 0 saturated carbocycles. The molecule has 1 fully saturated rings. The number of likely N-dealkylation sites (N-methyl/N-ethyl adjacent to an activating group) is 1. The summed E-state index contributed by atoms with van der Waals surface area (Å²) < 4.78 is 35.5. The summed E-state index contributed by atoms with van der Waals surface area (Å²) in [4.78, 5) is 34.0. The summed E-state index contributed by atoms with van der Waals surface area (Å²) in [5.74, 6) is -0.0970. The first kappa shape index (κ1) is 37.0. The number of aromatic nitrogens is 1. The maximum atomic E-state index is 14.1. The highest BCUT2D eigenvalue weighted by atomic mass is 35.5.